The van der Waals surface area contributed by atoms with E-state index in [1.54, 1.807) is 7.11 Å². The maximum Gasteiger partial charge on any atom is 0.256 e. The summed E-state index contributed by atoms with van der Waals surface area (Å²) in [6.45, 7) is 6.60. The van der Waals surface area contributed by atoms with E-state index >= 15 is 0 Å². The van der Waals surface area contributed by atoms with E-state index < -0.39 is 6.10 Å². The van der Waals surface area contributed by atoms with E-state index in [0.29, 0.717) is 32.3 Å². The van der Waals surface area contributed by atoms with Crippen molar-refractivity contribution in [3.8, 4) is 11.5 Å². The Kier molecular flexibility index (Phi) is 7.10. The van der Waals surface area contributed by atoms with E-state index in [-0.39, 0.29) is 5.91 Å². The summed E-state index contributed by atoms with van der Waals surface area (Å²) in [5.74, 6) is 1.50. The quantitative estimate of drug-likeness (QED) is 0.647. The largest absolute Gasteiger partial charge is 0.486 e. The van der Waals surface area contributed by atoms with Crippen LogP contribution in [0, 0.1) is 0 Å². The Morgan fingerprint density at radius 1 is 1.16 bits per heavy atom. The molecule has 0 radical (unpaired) electrons. The van der Waals surface area contributed by atoms with Crippen LogP contribution >= 0.6 is 0 Å². The van der Waals surface area contributed by atoms with E-state index in [0.717, 1.165) is 42.1 Å². The number of hydrogen-bond acceptors (Lipinski definition) is 5. The third-order valence-electron chi connectivity index (χ3n) is 6.19. The van der Waals surface area contributed by atoms with Crippen LogP contribution in [0.3, 0.4) is 0 Å². The highest BCUT2D eigenvalue weighted by molar-refractivity contribution is 5.82. The van der Waals surface area contributed by atoms with Gasteiger partial charge in [-0.25, -0.2) is 0 Å². The lowest BCUT2D eigenvalue weighted by atomic mass is 10.1. The van der Waals surface area contributed by atoms with Gasteiger partial charge < -0.3 is 19.1 Å². The number of hydrogen-bond donors (Lipinski definition) is 0. The van der Waals surface area contributed by atoms with Crippen molar-refractivity contribution in [2.24, 2.45) is 0 Å². The van der Waals surface area contributed by atoms with E-state index in [4.69, 9.17) is 14.2 Å². The topological polar surface area (TPSA) is 51.2 Å². The van der Waals surface area contributed by atoms with Crippen LogP contribution in [-0.4, -0.2) is 61.7 Å². The molecule has 0 spiro atoms. The number of rotatable bonds is 8. The van der Waals surface area contributed by atoms with E-state index in [1.807, 2.05) is 53.4 Å². The van der Waals surface area contributed by atoms with Gasteiger partial charge >= 0.3 is 0 Å². The van der Waals surface area contributed by atoms with Crippen LogP contribution < -0.4 is 9.47 Å². The fraction of sp³-hybridized carbons (Fsp3) is 0.480. The fourth-order valence-electron chi connectivity index (χ4n) is 4.58. The third kappa shape index (κ3) is 5.02. The first-order chi connectivity index (χ1) is 15.2. The van der Waals surface area contributed by atoms with Crippen LogP contribution in [0.25, 0.3) is 0 Å². The minimum absolute atomic E-state index is 0.00783. The zero-order valence-corrected chi connectivity index (χ0v) is 18.5. The van der Waals surface area contributed by atoms with Gasteiger partial charge in [0.1, 0.15) is 13.2 Å². The number of fused-ring (bicyclic) bond motifs is 1. The van der Waals surface area contributed by atoms with Gasteiger partial charge in [0.15, 0.2) is 17.6 Å². The molecule has 31 heavy (non-hydrogen) atoms. The summed E-state index contributed by atoms with van der Waals surface area (Å²) in [5, 5.41) is 0. The second-order valence-electron chi connectivity index (χ2n) is 8.15. The summed E-state index contributed by atoms with van der Waals surface area (Å²) in [6.07, 6.45) is 1.67. The molecule has 166 valence electrons. The Labute approximate surface area is 184 Å². The molecule has 4 rings (SSSR count). The predicted molar refractivity (Wildman–Crippen MR) is 119 cm³/mol. The molecule has 0 unspecified atom stereocenters. The molecule has 0 N–H and O–H groups in total. The number of carbonyl (C=O) groups is 1. The molecule has 6 heteroatoms. The molecule has 2 aromatic carbocycles. The lowest BCUT2D eigenvalue weighted by molar-refractivity contribution is -0.143. The molecule has 2 aliphatic rings. The van der Waals surface area contributed by atoms with Crippen molar-refractivity contribution in [1.82, 2.24) is 9.80 Å². The van der Waals surface area contributed by atoms with E-state index in [9.17, 15) is 4.79 Å². The van der Waals surface area contributed by atoms with Crippen LogP contribution in [0.15, 0.2) is 48.5 Å². The van der Waals surface area contributed by atoms with Crippen molar-refractivity contribution < 1.29 is 19.0 Å². The second-order valence-corrected chi connectivity index (χ2v) is 8.15. The first-order valence-corrected chi connectivity index (χ1v) is 11.2. The standard InChI is InChI=1S/C25H32N2O4/c1-3-26-13-7-10-21(26)18-27(25(28)24(29-2)20-8-5-4-6-9-20)17-19-11-12-22-23(16-19)31-15-14-30-22/h4-6,8-9,11-12,16,21,24H,3,7,10,13-15,17-18H2,1-2H3/t21-,24+/m0/s1. The van der Waals surface area contributed by atoms with E-state index in [1.165, 1.54) is 6.42 Å². The van der Waals surface area contributed by atoms with Crippen molar-refractivity contribution >= 4 is 5.91 Å². The Bertz CT molecular complexity index is 873. The van der Waals surface area contributed by atoms with Crippen molar-refractivity contribution in [3.05, 3.63) is 59.7 Å². The van der Waals surface area contributed by atoms with Crippen LogP contribution in [0.5, 0.6) is 11.5 Å². The minimum Gasteiger partial charge on any atom is -0.486 e. The Hall–Kier alpha value is -2.57. The lowest BCUT2D eigenvalue weighted by Gasteiger charge is -2.32. The zero-order valence-electron chi connectivity index (χ0n) is 18.5. The molecule has 0 saturated carbocycles. The molecular weight excluding hydrogens is 392 g/mol. The van der Waals surface area contributed by atoms with Crippen LogP contribution in [0.4, 0.5) is 0 Å². The molecule has 2 heterocycles. The predicted octanol–water partition coefficient (Wildman–Crippen LogP) is 3.66. The molecule has 2 atom stereocenters. The molecule has 0 aliphatic carbocycles. The fourth-order valence-corrected chi connectivity index (χ4v) is 4.58. The normalized spacial score (nSPS) is 19.2. The van der Waals surface area contributed by atoms with Crippen molar-refractivity contribution in [2.45, 2.75) is 38.5 Å². The summed E-state index contributed by atoms with van der Waals surface area (Å²) in [5.41, 5.74) is 1.91. The SMILES string of the molecule is CCN1CCC[C@H]1CN(Cc1ccc2c(c1)OCCO2)C(=O)[C@H](OC)c1ccccc1. The van der Waals surface area contributed by atoms with Gasteiger partial charge in [-0.3, -0.25) is 9.69 Å². The second kappa shape index (κ2) is 10.2. The number of amides is 1. The molecular formula is C25H32N2O4. The van der Waals surface area contributed by atoms with Gasteiger partial charge in [0.2, 0.25) is 0 Å². The molecule has 2 aromatic rings. The molecule has 1 fully saturated rings. The highest BCUT2D eigenvalue weighted by Gasteiger charge is 2.31. The average Bonchev–Trinajstić information content (AvgIpc) is 3.27. The summed E-state index contributed by atoms with van der Waals surface area (Å²) < 4.78 is 17.1. The van der Waals surface area contributed by atoms with Gasteiger partial charge in [0.25, 0.3) is 5.91 Å². The maximum absolute atomic E-state index is 13.7. The summed E-state index contributed by atoms with van der Waals surface area (Å²) in [7, 11) is 1.60. The molecule has 0 bridgehead atoms. The molecule has 6 nitrogen and oxygen atoms in total. The number of carbonyl (C=O) groups excluding carboxylic acids is 1. The first-order valence-electron chi connectivity index (χ1n) is 11.2. The van der Waals surface area contributed by atoms with Crippen LogP contribution in [0.1, 0.15) is 37.0 Å². The highest BCUT2D eigenvalue weighted by Crippen LogP contribution is 2.32. The summed E-state index contributed by atoms with van der Waals surface area (Å²) in [6, 6.07) is 16.0. The van der Waals surface area contributed by atoms with Crippen molar-refractivity contribution in [2.75, 3.05) is 40.0 Å². The number of benzene rings is 2. The zero-order chi connectivity index (χ0) is 21.6. The van der Waals surface area contributed by atoms with Gasteiger partial charge in [-0.2, -0.15) is 0 Å². The lowest BCUT2D eigenvalue weighted by Crippen LogP contribution is -2.44. The molecule has 1 saturated heterocycles. The molecule has 0 aromatic heterocycles. The number of ether oxygens (including phenoxy) is 3. The van der Waals surface area contributed by atoms with Gasteiger partial charge in [-0.1, -0.05) is 43.3 Å². The van der Waals surface area contributed by atoms with Gasteiger partial charge in [-0.15, -0.1) is 0 Å². The first kappa shape index (κ1) is 21.7. The van der Waals surface area contributed by atoms with Gasteiger partial charge in [-0.05, 0) is 49.2 Å². The van der Waals surface area contributed by atoms with Crippen LogP contribution in [-0.2, 0) is 16.1 Å². The smallest absolute Gasteiger partial charge is 0.256 e. The van der Waals surface area contributed by atoms with Crippen LogP contribution in [0.2, 0.25) is 0 Å². The van der Waals surface area contributed by atoms with E-state index in [2.05, 4.69) is 11.8 Å². The minimum atomic E-state index is -0.616. The Morgan fingerprint density at radius 3 is 2.68 bits per heavy atom. The van der Waals surface area contributed by atoms with Crippen molar-refractivity contribution in [3.63, 3.8) is 0 Å². The monoisotopic (exact) mass is 424 g/mol. The number of likely N-dealkylation sites (N-methyl/N-ethyl adjacent to an activating group) is 1. The number of nitrogens with zero attached hydrogens (tertiary/aromatic N) is 2. The van der Waals surface area contributed by atoms with Gasteiger partial charge in [0.05, 0.1) is 0 Å². The maximum atomic E-state index is 13.7. The number of likely N-dealkylation sites (tertiary alicyclic amines) is 1. The van der Waals surface area contributed by atoms with Gasteiger partial charge in [0, 0.05) is 26.2 Å². The summed E-state index contributed by atoms with van der Waals surface area (Å²) >= 11 is 0. The summed E-state index contributed by atoms with van der Waals surface area (Å²) in [4.78, 5) is 18.1. The average molecular weight is 425 g/mol. The Morgan fingerprint density at radius 2 is 1.94 bits per heavy atom. The molecule has 1 amide bonds. The third-order valence-corrected chi connectivity index (χ3v) is 6.19. The van der Waals surface area contributed by atoms with Crippen molar-refractivity contribution in [1.29, 1.82) is 0 Å². The highest BCUT2D eigenvalue weighted by atomic mass is 16.6. The Balaban J connectivity index is 1.58. The molecule has 2 aliphatic heterocycles. The number of methoxy groups -OCH3 is 1.